The number of rotatable bonds is 6. The van der Waals surface area contributed by atoms with E-state index in [4.69, 9.17) is 4.74 Å². The molecule has 8 heteroatoms. The highest BCUT2D eigenvalue weighted by Gasteiger charge is 2.18. The number of carbonyl (C=O) groups excluding carboxylic acids is 1. The van der Waals surface area contributed by atoms with Crippen molar-refractivity contribution in [1.29, 1.82) is 0 Å². The molecule has 1 unspecified atom stereocenters. The number of tetrazole rings is 1. The van der Waals surface area contributed by atoms with E-state index in [1.54, 1.807) is 16.4 Å². The molecule has 1 aromatic heterocycles. The zero-order valence-corrected chi connectivity index (χ0v) is 15.4. The first kappa shape index (κ1) is 17.7. The first-order chi connectivity index (χ1) is 13.3. The van der Waals surface area contributed by atoms with E-state index in [1.165, 1.54) is 6.33 Å². The van der Waals surface area contributed by atoms with Gasteiger partial charge in [-0.15, -0.1) is 16.9 Å². The summed E-state index contributed by atoms with van der Waals surface area (Å²) >= 11 is 1.67. The minimum atomic E-state index is -0.140. The molecule has 1 saturated heterocycles. The average molecular weight is 381 g/mol. The highest BCUT2D eigenvalue weighted by molar-refractivity contribution is 7.99. The van der Waals surface area contributed by atoms with Crippen LogP contribution in [0.1, 0.15) is 23.2 Å². The molecule has 3 aromatic rings. The number of nitrogens with one attached hydrogen (secondary N) is 1. The lowest BCUT2D eigenvalue weighted by molar-refractivity contribution is 0.102. The van der Waals surface area contributed by atoms with Crippen LogP contribution in [0.25, 0.3) is 5.69 Å². The molecule has 1 N–H and O–H groups in total. The second-order valence-corrected chi connectivity index (χ2v) is 7.26. The van der Waals surface area contributed by atoms with Gasteiger partial charge in [-0.1, -0.05) is 18.2 Å². The summed E-state index contributed by atoms with van der Waals surface area (Å²) < 4.78 is 7.22. The highest BCUT2D eigenvalue weighted by atomic mass is 32.2. The lowest BCUT2D eigenvalue weighted by atomic mass is 10.2. The number of amides is 1. The zero-order valence-electron chi connectivity index (χ0n) is 14.6. The van der Waals surface area contributed by atoms with Crippen LogP contribution in [0.2, 0.25) is 0 Å². The van der Waals surface area contributed by atoms with Crippen LogP contribution in [0.5, 0.6) is 0 Å². The number of aromatic nitrogens is 4. The van der Waals surface area contributed by atoms with E-state index in [0.717, 1.165) is 35.8 Å². The number of carbonyl (C=O) groups is 1. The standard InChI is InChI=1S/C19H19N5O2S/c25-19(21-14-5-3-6-15(11-14)24-13-20-22-23-24)17-8-1-2-9-18(17)27-12-16-7-4-10-26-16/h1-3,5-6,8-9,11,13,16H,4,7,10,12H2,(H,21,25). The third-order valence-corrected chi connectivity index (χ3v) is 5.50. The quantitative estimate of drug-likeness (QED) is 0.661. The van der Waals surface area contributed by atoms with Crippen molar-refractivity contribution in [2.75, 3.05) is 17.7 Å². The molecule has 1 atom stereocenters. The Morgan fingerprint density at radius 1 is 1.26 bits per heavy atom. The van der Waals surface area contributed by atoms with E-state index in [-0.39, 0.29) is 12.0 Å². The maximum Gasteiger partial charge on any atom is 0.256 e. The Kier molecular flexibility index (Phi) is 5.45. The lowest BCUT2D eigenvalue weighted by Gasteiger charge is -2.13. The molecule has 138 valence electrons. The second-order valence-electron chi connectivity index (χ2n) is 6.20. The summed E-state index contributed by atoms with van der Waals surface area (Å²) in [6, 6.07) is 15.0. The van der Waals surface area contributed by atoms with Crippen molar-refractivity contribution < 1.29 is 9.53 Å². The number of ether oxygens (including phenoxy) is 1. The summed E-state index contributed by atoms with van der Waals surface area (Å²) in [4.78, 5) is 13.8. The zero-order chi connectivity index (χ0) is 18.5. The number of hydrogen-bond donors (Lipinski definition) is 1. The van der Waals surface area contributed by atoms with Crippen LogP contribution in [0.15, 0.2) is 59.8 Å². The van der Waals surface area contributed by atoms with E-state index in [9.17, 15) is 4.79 Å². The molecule has 0 saturated carbocycles. The van der Waals surface area contributed by atoms with Gasteiger partial charge in [-0.25, -0.2) is 4.68 Å². The van der Waals surface area contributed by atoms with Gasteiger partial charge in [0.05, 0.1) is 17.4 Å². The predicted octanol–water partition coefficient (Wildman–Crippen LogP) is 3.19. The molecule has 0 bridgehead atoms. The van der Waals surface area contributed by atoms with Crippen LogP contribution in [-0.2, 0) is 4.74 Å². The molecule has 7 nitrogen and oxygen atoms in total. The van der Waals surface area contributed by atoms with Gasteiger partial charge in [0.2, 0.25) is 0 Å². The minimum Gasteiger partial charge on any atom is -0.377 e. The molecule has 2 aromatic carbocycles. The first-order valence-electron chi connectivity index (χ1n) is 8.78. The normalized spacial score (nSPS) is 16.4. The number of nitrogens with zero attached hydrogens (tertiary/aromatic N) is 4. The van der Waals surface area contributed by atoms with E-state index in [2.05, 4.69) is 20.8 Å². The van der Waals surface area contributed by atoms with Crippen molar-refractivity contribution in [2.24, 2.45) is 0 Å². The van der Waals surface area contributed by atoms with Crippen molar-refractivity contribution in [1.82, 2.24) is 20.2 Å². The van der Waals surface area contributed by atoms with Crippen LogP contribution in [0.4, 0.5) is 5.69 Å². The van der Waals surface area contributed by atoms with Gasteiger partial charge in [0.15, 0.2) is 0 Å². The van der Waals surface area contributed by atoms with Gasteiger partial charge >= 0.3 is 0 Å². The van der Waals surface area contributed by atoms with Gasteiger partial charge in [0.1, 0.15) is 6.33 Å². The molecule has 27 heavy (non-hydrogen) atoms. The largest absolute Gasteiger partial charge is 0.377 e. The fraction of sp³-hybridized carbons (Fsp3) is 0.263. The van der Waals surface area contributed by atoms with Crippen LogP contribution in [0.3, 0.4) is 0 Å². The molecule has 1 aliphatic rings. The second kappa shape index (κ2) is 8.32. The Morgan fingerprint density at radius 2 is 2.19 bits per heavy atom. The monoisotopic (exact) mass is 381 g/mol. The third kappa shape index (κ3) is 4.35. The van der Waals surface area contributed by atoms with Gasteiger partial charge in [-0.3, -0.25) is 4.79 Å². The number of thioether (sulfide) groups is 1. The Hall–Kier alpha value is -2.71. The smallest absolute Gasteiger partial charge is 0.256 e. The summed E-state index contributed by atoms with van der Waals surface area (Å²) in [6.45, 7) is 0.838. The maximum absolute atomic E-state index is 12.8. The summed E-state index contributed by atoms with van der Waals surface area (Å²) in [7, 11) is 0. The molecule has 0 radical (unpaired) electrons. The van der Waals surface area contributed by atoms with Crippen LogP contribution < -0.4 is 5.32 Å². The number of anilines is 1. The molecule has 0 spiro atoms. The van der Waals surface area contributed by atoms with E-state index >= 15 is 0 Å². The SMILES string of the molecule is O=C(Nc1cccc(-n2cnnn2)c1)c1ccccc1SCC1CCCO1. The van der Waals surface area contributed by atoms with Gasteiger partial charge in [-0.05, 0) is 53.6 Å². The Labute approximate surface area is 161 Å². The molecule has 1 fully saturated rings. The molecular weight excluding hydrogens is 362 g/mol. The fourth-order valence-electron chi connectivity index (χ4n) is 2.94. The number of hydrogen-bond acceptors (Lipinski definition) is 6. The van der Waals surface area contributed by atoms with Crippen molar-refractivity contribution in [3.63, 3.8) is 0 Å². The topological polar surface area (TPSA) is 81.9 Å². The fourth-order valence-corrected chi connectivity index (χ4v) is 4.06. The number of benzene rings is 2. The van der Waals surface area contributed by atoms with Crippen molar-refractivity contribution in [3.05, 3.63) is 60.4 Å². The van der Waals surface area contributed by atoms with E-state index in [1.807, 2.05) is 48.5 Å². The summed E-state index contributed by atoms with van der Waals surface area (Å²) in [5, 5.41) is 14.1. The van der Waals surface area contributed by atoms with Gasteiger partial charge < -0.3 is 10.1 Å². The molecule has 1 amide bonds. The first-order valence-corrected chi connectivity index (χ1v) is 9.76. The average Bonchev–Trinajstić information content (AvgIpc) is 3.41. The Morgan fingerprint density at radius 3 is 3.00 bits per heavy atom. The highest BCUT2D eigenvalue weighted by Crippen LogP contribution is 2.27. The molecule has 2 heterocycles. The summed E-state index contributed by atoms with van der Waals surface area (Å²) in [5.41, 5.74) is 2.12. The van der Waals surface area contributed by atoms with Gasteiger partial charge in [0, 0.05) is 22.9 Å². The van der Waals surface area contributed by atoms with Crippen LogP contribution >= 0.6 is 11.8 Å². The van der Waals surface area contributed by atoms with E-state index < -0.39 is 0 Å². The van der Waals surface area contributed by atoms with Gasteiger partial charge in [0.25, 0.3) is 5.91 Å². The van der Waals surface area contributed by atoms with Crippen LogP contribution in [-0.4, -0.2) is 44.6 Å². The molecule has 0 aliphatic carbocycles. The summed E-state index contributed by atoms with van der Waals surface area (Å²) in [5.74, 6) is 0.721. The summed E-state index contributed by atoms with van der Waals surface area (Å²) in [6.07, 6.45) is 3.99. The molecule has 4 rings (SSSR count). The molecular formula is C19H19N5O2S. The van der Waals surface area contributed by atoms with E-state index in [0.29, 0.717) is 11.3 Å². The van der Waals surface area contributed by atoms with Crippen molar-refractivity contribution in [2.45, 2.75) is 23.8 Å². The third-order valence-electron chi connectivity index (χ3n) is 4.30. The molecule has 1 aliphatic heterocycles. The Bertz CT molecular complexity index is 910. The lowest BCUT2D eigenvalue weighted by Crippen LogP contribution is -2.14. The Balaban J connectivity index is 1.47. The van der Waals surface area contributed by atoms with Crippen LogP contribution in [0, 0.1) is 0 Å². The predicted molar refractivity (Wildman–Crippen MR) is 103 cm³/mol. The maximum atomic E-state index is 12.8. The van der Waals surface area contributed by atoms with Crippen molar-refractivity contribution in [3.8, 4) is 5.69 Å². The van der Waals surface area contributed by atoms with Crippen molar-refractivity contribution >= 4 is 23.4 Å². The minimum absolute atomic E-state index is 0.140. The van der Waals surface area contributed by atoms with Gasteiger partial charge in [-0.2, -0.15) is 0 Å².